The molecular weight excluding hydrogens is 148 g/mol. The van der Waals surface area contributed by atoms with Crippen LogP contribution in [0.4, 0.5) is 0 Å². The molecule has 1 aliphatic carbocycles. The highest BCUT2D eigenvalue weighted by Gasteiger charge is 2.20. The standard InChI is InChI=1S/C6H9ClO.C2H6/c7-6(8)5-3-1-2-4-5;1-2/h5H,1-4H2;1-2H3. The first-order valence-corrected chi connectivity index (χ1v) is 4.38. The summed E-state index contributed by atoms with van der Waals surface area (Å²) in [4.78, 5) is 10.4. The van der Waals surface area contributed by atoms with E-state index in [1.165, 1.54) is 12.8 Å². The van der Waals surface area contributed by atoms with Gasteiger partial charge < -0.3 is 0 Å². The molecule has 0 aromatic heterocycles. The summed E-state index contributed by atoms with van der Waals surface area (Å²) in [6.07, 6.45) is 4.40. The Kier molecular flexibility index (Phi) is 5.70. The molecule has 0 bridgehead atoms. The van der Waals surface area contributed by atoms with Crippen LogP contribution in [0.5, 0.6) is 0 Å². The topological polar surface area (TPSA) is 17.1 Å². The normalized spacial score (nSPS) is 17.9. The van der Waals surface area contributed by atoms with E-state index in [9.17, 15) is 4.79 Å². The molecule has 0 aliphatic heterocycles. The molecule has 0 amide bonds. The molecule has 2 heteroatoms. The van der Waals surface area contributed by atoms with Gasteiger partial charge in [0.1, 0.15) is 0 Å². The van der Waals surface area contributed by atoms with Crippen molar-refractivity contribution in [2.24, 2.45) is 5.92 Å². The molecule has 1 rings (SSSR count). The van der Waals surface area contributed by atoms with Gasteiger partial charge in [-0.25, -0.2) is 0 Å². The second-order valence-electron chi connectivity index (χ2n) is 2.29. The van der Waals surface area contributed by atoms with Crippen LogP contribution >= 0.6 is 11.6 Å². The minimum Gasteiger partial charge on any atom is -0.281 e. The van der Waals surface area contributed by atoms with Crippen molar-refractivity contribution in [1.82, 2.24) is 0 Å². The largest absolute Gasteiger partial charge is 0.281 e. The molecule has 0 saturated heterocycles. The fourth-order valence-corrected chi connectivity index (χ4v) is 1.37. The molecule has 1 fully saturated rings. The quantitative estimate of drug-likeness (QED) is 0.542. The molecule has 0 atom stereocenters. The zero-order valence-corrected chi connectivity index (χ0v) is 7.45. The van der Waals surface area contributed by atoms with Crippen LogP contribution < -0.4 is 0 Å². The van der Waals surface area contributed by atoms with Crippen molar-refractivity contribution in [3.63, 3.8) is 0 Å². The van der Waals surface area contributed by atoms with Gasteiger partial charge in [-0.3, -0.25) is 4.79 Å². The Bertz CT molecular complexity index is 95.4. The predicted molar refractivity (Wildman–Crippen MR) is 44.2 cm³/mol. The summed E-state index contributed by atoms with van der Waals surface area (Å²) in [5.74, 6) is 0.191. The van der Waals surface area contributed by atoms with E-state index < -0.39 is 0 Å². The third kappa shape index (κ3) is 3.21. The monoisotopic (exact) mass is 162 g/mol. The second kappa shape index (κ2) is 5.72. The highest BCUT2D eigenvalue weighted by atomic mass is 35.5. The van der Waals surface area contributed by atoms with Crippen LogP contribution in [0.15, 0.2) is 0 Å². The third-order valence-corrected chi connectivity index (χ3v) is 1.98. The lowest BCUT2D eigenvalue weighted by Gasteiger charge is -1.96. The van der Waals surface area contributed by atoms with Crippen LogP contribution in [0, 0.1) is 5.92 Å². The third-order valence-electron chi connectivity index (χ3n) is 1.68. The van der Waals surface area contributed by atoms with Gasteiger partial charge in [-0.1, -0.05) is 26.7 Å². The molecule has 1 nitrogen and oxygen atoms in total. The van der Waals surface area contributed by atoms with Crippen molar-refractivity contribution >= 4 is 16.8 Å². The Labute approximate surface area is 67.8 Å². The summed E-state index contributed by atoms with van der Waals surface area (Å²) in [7, 11) is 0. The lowest BCUT2D eigenvalue weighted by molar-refractivity contribution is -0.114. The maximum atomic E-state index is 10.4. The van der Waals surface area contributed by atoms with Crippen LogP contribution in [0.3, 0.4) is 0 Å². The fourth-order valence-electron chi connectivity index (χ4n) is 1.15. The second-order valence-corrected chi connectivity index (χ2v) is 2.66. The summed E-state index contributed by atoms with van der Waals surface area (Å²) < 4.78 is 0. The Morgan fingerprint density at radius 1 is 1.30 bits per heavy atom. The smallest absolute Gasteiger partial charge is 0.224 e. The molecule has 0 aromatic rings. The Hall–Kier alpha value is -0.0400. The van der Waals surface area contributed by atoms with Gasteiger partial charge in [-0.05, 0) is 24.4 Å². The highest BCUT2D eigenvalue weighted by Crippen LogP contribution is 2.26. The van der Waals surface area contributed by atoms with Crippen LogP contribution in [-0.4, -0.2) is 5.24 Å². The van der Waals surface area contributed by atoms with E-state index in [1.807, 2.05) is 13.8 Å². The van der Waals surface area contributed by atoms with Gasteiger partial charge in [-0.2, -0.15) is 0 Å². The molecule has 60 valence electrons. The van der Waals surface area contributed by atoms with E-state index in [1.54, 1.807) is 0 Å². The average Bonchev–Trinajstić information content (AvgIpc) is 2.42. The molecule has 0 N–H and O–H groups in total. The molecule has 0 heterocycles. The number of halogens is 1. The van der Waals surface area contributed by atoms with Gasteiger partial charge in [0.05, 0.1) is 0 Å². The highest BCUT2D eigenvalue weighted by molar-refractivity contribution is 6.64. The first kappa shape index (κ1) is 9.96. The lowest BCUT2D eigenvalue weighted by Crippen LogP contribution is -2.01. The van der Waals surface area contributed by atoms with E-state index in [0.717, 1.165) is 12.8 Å². The summed E-state index contributed by atoms with van der Waals surface area (Å²) >= 11 is 5.25. The van der Waals surface area contributed by atoms with Gasteiger partial charge in [0.15, 0.2) is 0 Å². The molecule has 0 spiro atoms. The summed E-state index contributed by atoms with van der Waals surface area (Å²) in [6.45, 7) is 4.00. The van der Waals surface area contributed by atoms with Gasteiger partial charge in [0.2, 0.25) is 5.24 Å². The minimum atomic E-state index is -0.137. The Morgan fingerprint density at radius 3 is 1.90 bits per heavy atom. The number of carbonyl (C=O) groups is 1. The van der Waals surface area contributed by atoms with Gasteiger partial charge >= 0.3 is 0 Å². The van der Waals surface area contributed by atoms with Crippen molar-refractivity contribution < 1.29 is 4.79 Å². The maximum absolute atomic E-state index is 10.4. The maximum Gasteiger partial charge on any atom is 0.224 e. The molecule has 1 saturated carbocycles. The molecule has 0 aromatic carbocycles. The van der Waals surface area contributed by atoms with Gasteiger partial charge in [-0.15, -0.1) is 0 Å². The van der Waals surface area contributed by atoms with Crippen LogP contribution in [-0.2, 0) is 4.79 Å². The predicted octanol–water partition coefficient (Wildman–Crippen LogP) is 2.97. The van der Waals surface area contributed by atoms with Crippen LogP contribution in [0.1, 0.15) is 39.5 Å². The first-order valence-electron chi connectivity index (χ1n) is 4.00. The fraction of sp³-hybridized carbons (Fsp3) is 0.875. The molecule has 0 radical (unpaired) electrons. The summed E-state index contributed by atoms with van der Waals surface area (Å²) in [5, 5.41) is -0.137. The number of carbonyl (C=O) groups excluding carboxylic acids is 1. The molecule has 0 unspecified atom stereocenters. The molecule has 1 aliphatic rings. The van der Waals surface area contributed by atoms with E-state index in [4.69, 9.17) is 11.6 Å². The zero-order chi connectivity index (χ0) is 7.98. The van der Waals surface area contributed by atoms with E-state index in [0.29, 0.717) is 0 Å². The average molecular weight is 163 g/mol. The SMILES string of the molecule is CC.O=C(Cl)C1CCCC1. The van der Waals surface area contributed by atoms with Crippen molar-refractivity contribution in [3.8, 4) is 0 Å². The van der Waals surface area contributed by atoms with Crippen molar-refractivity contribution in [2.45, 2.75) is 39.5 Å². The van der Waals surface area contributed by atoms with Crippen molar-refractivity contribution in [2.75, 3.05) is 0 Å². The van der Waals surface area contributed by atoms with Gasteiger partial charge in [0, 0.05) is 5.92 Å². The molecular formula is C8H15ClO. The number of rotatable bonds is 1. The van der Waals surface area contributed by atoms with Crippen molar-refractivity contribution in [1.29, 1.82) is 0 Å². The molecule has 10 heavy (non-hydrogen) atoms. The lowest BCUT2D eigenvalue weighted by atomic mass is 10.1. The number of hydrogen-bond acceptors (Lipinski definition) is 1. The van der Waals surface area contributed by atoms with Crippen LogP contribution in [0.25, 0.3) is 0 Å². The van der Waals surface area contributed by atoms with E-state index in [2.05, 4.69) is 0 Å². The number of hydrogen-bond donors (Lipinski definition) is 0. The first-order chi connectivity index (χ1) is 4.80. The van der Waals surface area contributed by atoms with Gasteiger partial charge in [0.25, 0.3) is 0 Å². The summed E-state index contributed by atoms with van der Waals surface area (Å²) in [5.41, 5.74) is 0. The van der Waals surface area contributed by atoms with E-state index >= 15 is 0 Å². The Balaban J connectivity index is 0.000000371. The Morgan fingerprint density at radius 2 is 1.70 bits per heavy atom. The van der Waals surface area contributed by atoms with Crippen LogP contribution in [0.2, 0.25) is 0 Å². The minimum absolute atomic E-state index is 0.137. The zero-order valence-electron chi connectivity index (χ0n) is 6.69. The summed E-state index contributed by atoms with van der Waals surface area (Å²) in [6, 6.07) is 0. The van der Waals surface area contributed by atoms with Crippen molar-refractivity contribution in [3.05, 3.63) is 0 Å². The van der Waals surface area contributed by atoms with E-state index in [-0.39, 0.29) is 11.2 Å².